The highest BCUT2D eigenvalue weighted by Crippen LogP contribution is 2.25. The van der Waals surface area contributed by atoms with Gasteiger partial charge in [0.25, 0.3) is 0 Å². The van der Waals surface area contributed by atoms with E-state index >= 15 is 0 Å². The fourth-order valence-corrected chi connectivity index (χ4v) is 3.08. The van der Waals surface area contributed by atoms with Crippen molar-refractivity contribution in [2.24, 2.45) is 0 Å². The van der Waals surface area contributed by atoms with Gasteiger partial charge in [0.1, 0.15) is 22.3 Å². The molecule has 3 aromatic rings. The number of carbonyl (C=O) groups is 1. The average Bonchev–Trinajstić information content (AvgIpc) is 2.99. The van der Waals surface area contributed by atoms with E-state index in [4.69, 9.17) is 0 Å². The Morgan fingerprint density at radius 2 is 1.88 bits per heavy atom. The van der Waals surface area contributed by atoms with E-state index in [2.05, 4.69) is 10.3 Å². The quantitative estimate of drug-likeness (QED) is 0.753. The number of halogens is 2. The number of aromatic nitrogens is 1. The van der Waals surface area contributed by atoms with Gasteiger partial charge >= 0.3 is 0 Å². The lowest BCUT2D eigenvalue weighted by Gasteiger charge is -2.06. The third-order valence-electron chi connectivity index (χ3n) is 3.39. The predicted octanol–water partition coefficient (Wildman–Crippen LogP) is 4.58. The molecule has 0 aliphatic carbocycles. The standard InChI is InChI=1S/C18H14F2N2OS/c1-11-4-2-5-12(8-11)18-21-13(10-24-18)9-16(23)22-17-14(19)6-3-7-15(17)20/h2-8,10H,9H2,1H3,(H,22,23). The van der Waals surface area contributed by atoms with Crippen LogP contribution in [0.3, 0.4) is 0 Å². The monoisotopic (exact) mass is 344 g/mol. The Balaban J connectivity index is 1.72. The summed E-state index contributed by atoms with van der Waals surface area (Å²) in [7, 11) is 0. The maximum atomic E-state index is 13.5. The van der Waals surface area contributed by atoms with E-state index in [9.17, 15) is 13.6 Å². The Kier molecular flexibility index (Phi) is 4.66. The van der Waals surface area contributed by atoms with E-state index in [1.165, 1.54) is 17.4 Å². The summed E-state index contributed by atoms with van der Waals surface area (Å²) in [5.41, 5.74) is 2.23. The highest BCUT2D eigenvalue weighted by atomic mass is 32.1. The molecule has 0 radical (unpaired) electrons. The van der Waals surface area contributed by atoms with Crippen LogP contribution in [0.5, 0.6) is 0 Å². The van der Waals surface area contributed by atoms with Crippen molar-refractivity contribution in [3.05, 3.63) is 70.7 Å². The molecule has 2 aromatic carbocycles. The van der Waals surface area contributed by atoms with Crippen molar-refractivity contribution >= 4 is 22.9 Å². The van der Waals surface area contributed by atoms with Crippen LogP contribution in [-0.2, 0) is 11.2 Å². The molecular weight excluding hydrogens is 330 g/mol. The number of hydrogen-bond donors (Lipinski definition) is 1. The van der Waals surface area contributed by atoms with E-state index in [1.54, 1.807) is 5.38 Å². The van der Waals surface area contributed by atoms with Crippen molar-refractivity contribution in [2.45, 2.75) is 13.3 Å². The molecule has 0 unspecified atom stereocenters. The zero-order valence-corrected chi connectivity index (χ0v) is 13.7. The van der Waals surface area contributed by atoms with Crippen molar-refractivity contribution in [1.29, 1.82) is 0 Å². The van der Waals surface area contributed by atoms with Gasteiger partial charge in [-0.15, -0.1) is 11.3 Å². The smallest absolute Gasteiger partial charge is 0.230 e. The van der Waals surface area contributed by atoms with Crippen molar-refractivity contribution in [3.63, 3.8) is 0 Å². The normalized spacial score (nSPS) is 10.6. The van der Waals surface area contributed by atoms with Crippen LogP contribution in [0.15, 0.2) is 47.8 Å². The molecule has 24 heavy (non-hydrogen) atoms. The summed E-state index contributed by atoms with van der Waals surface area (Å²) in [6.45, 7) is 1.99. The van der Waals surface area contributed by atoms with Gasteiger partial charge in [-0.05, 0) is 25.1 Å². The minimum absolute atomic E-state index is 0.0455. The number of para-hydroxylation sites is 1. The van der Waals surface area contributed by atoms with Crippen LogP contribution in [0.2, 0.25) is 0 Å². The van der Waals surface area contributed by atoms with Crippen LogP contribution in [0, 0.1) is 18.6 Å². The van der Waals surface area contributed by atoms with Crippen LogP contribution in [0.4, 0.5) is 14.5 Å². The van der Waals surface area contributed by atoms with Gasteiger partial charge in [0.15, 0.2) is 0 Å². The molecule has 0 saturated heterocycles. The molecule has 3 nitrogen and oxygen atoms in total. The first kappa shape index (κ1) is 16.3. The number of carbonyl (C=O) groups excluding carboxylic acids is 1. The van der Waals surface area contributed by atoms with Crippen LogP contribution >= 0.6 is 11.3 Å². The summed E-state index contributed by atoms with van der Waals surface area (Å²) in [6.07, 6.45) is -0.0455. The molecule has 0 spiro atoms. The number of amides is 1. The van der Waals surface area contributed by atoms with Crippen molar-refractivity contribution in [3.8, 4) is 10.6 Å². The number of nitrogens with zero attached hydrogens (tertiary/aromatic N) is 1. The van der Waals surface area contributed by atoms with Crippen LogP contribution in [0.1, 0.15) is 11.3 Å². The van der Waals surface area contributed by atoms with Gasteiger partial charge < -0.3 is 5.32 Å². The van der Waals surface area contributed by atoms with E-state index in [0.717, 1.165) is 28.3 Å². The Morgan fingerprint density at radius 3 is 2.58 bits per heavy atom. The number of anilines is 1. The Hall–Kier alpha value is -2.60. The minimum atomic E-state index is -0.804. The first-order valence-electron chi connectivity index (χ1n) is 7.28. The second-order valence-electron chi connectivity index (χ2n) is 5.34. The molecule has 1 N–H and O–H groups in total. The van der Waals surface area contributed by atoms with Gasteiger partial charge in [0.2, 0.25) is 5.91 Å². The predicted molar refractivity (Wildman–Crippen MR) is 91.0 cm³/mol. The van der Waals surface area contributed by atoms with E-state index < -0.39 is 23.2 Å². The molecule has 0 aliphatic rings. The summed E-state index contributed by atoms with van der Waals surface area (Å²) in [6, 6.07) is 11.3. The molecular formula is C18H14F2N2OS. The molecule has 1 aromatic heterocycles. The summed E-state index contributed by atoms with van der Waals surface area (Å²) in [5.74, 6) is -2.12. The molecule has 1 heterocycles. The Morgan fingerprint density at radius 1 is 1.17 bits per heavy atom. The summed E-state index contributed by atoms with van der Waals surface area (Å²) in [4.78, 5) is 16.4. The fourth-order valence-electron chi connectivity index (χ4n) is 2.26. The third-order valence-corrected chi connectivity index (χ3v) is 4.33. The van der Waals surface area contributed by atoms with Gasteiger partial charge in [-0.1, -0.05) is 29.8 Å². The molecule has 0 atom stereocenters. The fraction of sp³-hybridized carbons (Fsp3) is 0.111. The summed E-state index contributed by atoms with van der Waals surface area (Å²) >= 11 is 1.43. The highest BCUT2D eigenvalue weighted by Gasteiger charge is 2.14. The van der Waals surface area contributed by atoms with Gasteiger partial charge in [-0.25, -0.2) is 13.8 Å². The first-order valence-corrected chi connectivity index (χ1v) is 8.16. The van der Waals surface area contributed by atoms with Crippen LogP contribution < -0.4 is 5.32 Å². The van der Waals surface area contributed by atoms with Crippen molar-refractivity contribution < 1.29 is 13.6 Å². The zero-order valence-electron chi connectivity index (χ0n) is 12.8. The number of rotatable bonds is 4. The number of hydrogen-bond acceptors (Lipinski definition) is 3. The summed E-state index contributed by atoms with van der Waals surface area (Å²) in [5, 5.41) is 4.84. The third kappa shape index (κ3) is 3.65. The molecule has 0 fully saturated rings. The number of aryl methyl sites for hydroxylation is 1. The number of benzene rings is 2. The maximum Gasteiger partial charge on any atom is 0.230 e. The second kappa shape index (κ2) is 6.88. The molecule has 6 heteroatoms. The van der Waals surface area contributed by atoms with Gasteiger partial charge in [-0.3, -0.25) is 4.79 Å². The Labute approximate surface area is 142 Å². The minimum Gasteiger partial charge on any atom is -0.321 e. The van der Waals surface area contributed by atoms with Gasteiger partial charge in [0, 0.05) is 10.9 Å². The second-order valence-corrected chi connectivity index (χ2v) is 6.19. The molecule has 0 saturated carbocycles. The number of thiazole rings is 1. The lowest BCUT2D eigenvalue weighted by molar-refractivity contribution is -0.115. The lowest BCUT2D eigenvalue weighted by atomic mass is 10.1. The van der Waals surface area contributed by atoms with E-state index in [0.29, 0.717) is 5.69 Å². The van der Waals surface area contributed by atoms with Gasteiger partial charge in [-0.2, -0.15) is 0 Å². The SMILES string of the molecule is Cc1cccc(-c2nc(CC(=O)Nc3c(F)cccc3F)cs2)c1. The van der Waals surface area contributed by atoms with Gasteiger partial charge in [0.05, 0.1) is 12.1 Å². The number of nitrogens with one attached hydrogen (secondary N) is 1. The maximum absolute atomic E-state index is 13.5. The molecule has 0 aliphatic heterocycles. The Bertz CT molecular complexity index is 872. The topological polar surface area (TPSA) is 42.0 Å². The van der Waals surface area contributed by atoms with E-state index in [1.807, 2.05) is 31.2 Å². The average molecular weight is 344 g/mol. The lowest BCUT2D eigenvalue weighted by Crippen LogP contribution is -2.16. The summed E-state index contributed by atoms with van der Waals surface area (Å²) < 4.78 is 27.1. The highest BCUT2D eigenvalue weighted by molar-refractivity contribution is 7.13. The van der Waals surface area contributed by atoms with E-state index in [-0.39, 0.29) is 6.42 Å². The van der Waals surface area contributed by atoms with Crippen LogP contribution in [-0.4, -0.2) is 10.9 Å². The van der Waals surface area contributed by atoms with Crippen molar-refractivity contribution in [1.82, 2.24) is 4.98 Å². The zero-order chi connectivity index (χ0) is 17.1. The molecule has 1 amide bonds. The molecule has 3 rings (SSSR count). The van der Waals surface area contributed by atoms with Crippen LogP contribution in [0.25, 0.3) is 10.6 Å². The molecule has 0 bridgehead atoms. The first-order chi connectivity index (χ1) is 11.5. The molecule has 122 valence electrons. The largest absolute Gasteiger partial charge is 0.321 e. The van der Waals surface area contributed by atoms with Crippen molar-refractivity contribution in [2.75, 3.05) is 5.32 Å².